The van der Waals surface area contributed by atoms with Crippen LogP contribution in [0.1, 0.15) is 5.69 Å². The SMILES string of the molecule is COc1cc(On2c(=O)cc(C(F)(F)F)n(C)c2=O)ccc1[N+](=O)[O-]. The summed E-state index contributed by atoms with van der Waals surface area (Å²) in [6.45, 7) is 0. The van der Waals surface area contributed by atoms with Gasteiger partial charge >= 0.3 is 17.6 Å². The Kier molecular flexibility index (Phi) is 4.54. The lowest BCUT2D eigenvalue weighted by Crippen LogP contribution is -2.43. The molecule has 0 atom stereocenters. The Morgan fingerprint density at radius 1 is 1.20 bits per heavy atom. The van der Waals surface area contributed by atoms with Gasteiger partial charge in [0.2, 0.25) is 5.75 Å². The molecule has 1 heterocycles. The summed E-state index contributed by atoms with van der Waals surface area (Å²) < 4.78 is 43.4. The van der Waals surface area contributed by atoms with Crippen LogP contribution in [0.15, 0.2) is 33.9 Å². The zero-order valence-electron chi connectivity index (χ0n) is 12.7. The van der Waals surface area contributed by atoms with Gasteiger partial charge in [-0.15, -0.1) is 0 Å². The van der Waals surface area contributed by atoms with Gasteiger partial charge < -0.3 is 9.57 Å². The molecule has 1 aromatic heterocycles. The molecule has 1 aromatic carbocycles. The van der Waals surface area contributed by atoms with E-state index in [1.807, 2.05) is 0 Å². The molecule has 0 N–H and O–H groups in total. The van der Waals surface area contributed by atoms with Crippen molar-refractivity contribution >= 4 is 5.69 Å². The Labute approximate surface area is 136 Å². The van der Waals surface area contributed by atoms with Gasteiger partial charge in [0.15, 0.2) is 5.75 Å². The largest absolute Gasteiger partial charge is 0.490 e. The van der Waals surface area contributed by atoms with Crippen LogP contribution < -0.4 is 20.8 Å². The van der Waals surface area contributed by atoms with E-state index in [1.54, 1.807) is 0 Å². The number of benzene rings is 1. The topological polar surface area (TPSA) is 106 Å². The number of methoxy groups -OCH3 is 1. The molecule has 9 nitrogen and oxygen atoms in total. The van der Waals surface area contributed by atoms with Crippen LogP contribution in [0.25, 0.3) is 0 Å². The molecule has 0 aliphatic heterocycles. The minimum atomic E-state index is -4.90. The van der Waals surface area contributed by atoms with Crippen molar-refractivity contribution in [1.82, 2.24) is 9.30 Å². The highest BCUT2D eigenvalue weighted by atomic mass is 19.4. The average molecular weight is 361 g/mol. The summed E-state index contributed by atoms with van der Waals surface area (Å²) in [5, 5.41) is 10.8. The van der Waals surface area contributed by atoms with Gasteiger partial charge in [-0.3, -0.25) is 19.5 Å². The molecule has 0 unspecified atom stereocenters. The molecule has 134 valence electrons. The van der Waals surface area contributed by atoms with Crippen LogP contribution in [0.5, 0.6) is 11.5 Å². The number of nitro groups is 1. The van der Waals surface area contributed by atoms with E-state index in [2.05, 4.69) is 0 Å². The van der Waals surface area contributed by atoms with Gasteiger partial charge in [-0.2, -0.15) is 13.2 Å². The van der Waals surface area contributed by atoms with Gasteiger partial charge in [-0.1, -0.05) is 4.73 Å². The Balaban J connectivity index is 2.52. The van der Waals surface area contributed by atoms with Crippen LogP contribution in [0.4, 0.5) is 18.9 Å². The third kappa shape index (κ3) is 3.46. The van der Waals surface area contributed by atoms with Crippen LogP contribution in [-0.4, -0.2) is 21.3 Å². The molecule has 25 heavy (non-hydrogen) atoms. The normalized spacial score (nSPS) is 11.2. The van der Waals surface area contributed by atoms with E-state index >= 15 is 0 Å². The Bertz CT molecular complexity index is 947. The highest BCUT2D eigenvalue weighted by Crippen LogP contribution is 2.31. The molecule has 0 spiro atoms. The molecule has 0 bridgehead atoms. The number of rotatable bonds is 4. The van der Waals surface area contributed by atoms with Crippen molar-refractivity contribution in [3.05, 3.63) is 60.9 Å². The average Bonchev–Trinajstić information content (AvgIpc) is 2.53. The quantitative estimate of drug-likeness (QED) is 0.601. The summed E-state index contributed by atoms with van der Waals surface area (Å²) >= 11 is 0. The minimum absolute atomic E-state index is 0.0931. The first-order valence-corrected chi connectivity index (χ1v) is 6.47. The van der Waals surface area contributed by atoms with Crippen LogP contribution in [0, 0.1) is 10.1 Å². The van der Waals surface area contributed by atoms with Gasteiger partial charge in [0, 0.05) is 25.2 Å². The number of nitrogens with zero attached hydrogens (tertiary/aromatic N) is 3. The fourth-order valence-electron chi connectivity index (χ4n) is 1.93. The Morgan fingerprint density at radius 2 is 1.84 bits per heavy atom. The van der Waals surface area contributed by atoms with E-state index in [9.17, 15) is 32.9 Å². The number of aromatic nitrogens is 2. The first-order valence-electron chi connectivity index (χ1n) is 6.47. The molecule has 0 amide bonds. The molecule has 0 saturated heterocycles. The van der Waals surface area contributed by atoms with Gasteiger partial charge in [0.05, 0.1) is 12.0 Å². The van der Waals surface area contributed by atoms with Crippen LogP contribution in [-0.2, 0) is 13.2 Å². The van der Waals surface area contributed by atoms with E-state index in [0.29, 0.717) is 0 Å². The highest BCUT2D eigenvalue weighted by Gasteiger charge is 2.35. The fraction of sp³-hybridized carbons (Fsp3) is 0.231. The molecule has 0 radical (unpaired) electrons. The van der Waals surface area contributed by atoms with E-state index in [1.165, 1.54) is 0 Å². The summed E-state index contributed by atoms with van der Waals surface area (Å²) in [7, 11) is 1.97. The second-order valence-electron chi connectivity index (χ2n) is 4.68. The molecule has 0 aliphatic rings. The maximum Gasteiger partial charge on any atom is 0.431 e. The summed E-state index contributed by atoms with van der Waals surface area (Å²) in [6, 6.07) is 3.27. The highest BCUT2D eigenvalue weighted by molar-refractivity contribution is 5.50. The third-order valence-electron chi connectivity index (χ3n) is 3.12. The Hall–Kier alpha value is -3.31. The predicted molar refractivity (Wildman–Crippen MR) is 76.6 cm³/mol. The zero-order chi connectivity index (χ0) is 18.9. The zero-order valence-corrected chi connectivity index (χ0v) is 12.7. The van der Waals surface area contributed by atoms with E-state index in [-0.39, 0.29) is 26.9 Å². The smallest absolute Gasteiger partial charge is 0.431 e. The predicted octanol–water partition coefficient (Wildman–Crippen LogP) is 1.32. The third-order valence-corrected chi connectivity index (χ3v) is 3.12. The van der Waals surface area contributed by atoms with Crippen LogP contribution in [0.3, 0.4) is 0 Å². The lowest BCUT2D eigenvalue weighted by molar-refractivity contribution is -0.385. The van der Waals surface area contributed by atoms with Gasteiger partial charge in [-0.25, -0.2) is 4.79 Å². The first-order chi connectivity index (χ1) is 11.6. The van der Waals surface area contributed by atoms with Crippen molar-refractivity contribution in [2.24, 2.45) is 7.05 Å². The molecule has 12 heteroatoms. The molecule has 0 fully saturated rings. The van der Waals surface area contributed by atoms with E-state index < -0.39 is 33.7 Å². The van der Waals surface area contributed by atoms with Crippen molar-refractivity contribution in [2.45, 2.75) is 6.18 Å². The lowest BCUT2D eigenvalue weighted by Gasteiger charge is -2.14. The standard InChI is InChI=1S/C13H10F3N3O6/c1-17-10(13(14,15)16)6-11(20)18(12(17)21)25-7-3-4-8(19(22)23)9(5-7)24-2/h3-6H,1-2H3. The number of hydrogen-bond donors (Lipinski definition) is 0. The number of nitro benzene ring substituents is 1. The minimum Gasteiger partial charge on any atom is -0.490 e. The molecule has 2 aromatic rings. The fourth-order valence-corrected chi connectivity index (χ4v) is 1.93. The van der Waals surface area contributed by atoms with Gasteiger partial charge in [0.25, 0.3) is 5.56 Å². The molecule has 2 rings (SSSR count). The summed E-state index contributed by atoms with van der Waals surface area (Å²) in [6.07, 6.45) is -4.90. The second kappa shape index (κ2) is 6.30. The lowest BCUT2D eigenvalue weighted by atomic mass is 10.3. The van der Waals surface area contributed by atoms with E-state index in [0.717, 1.165) is 32.4 Å². The van der Waals surface area contributed by atoms with Crippen LogP contribution in [0.2, 0.25) is 0 Å². The summed E-state index contributed by atoms with van der Waals surface area (Å²) in [5.74, 6) is -0.444. The van der Waals surface area contributed by atoms with Crippen LogP contribution >= 0.6 is 0 Å². The van der Waals surface area contributed by atoms with Crippen molar-refractivity contribution in [1.29, 1.82) is 0 Å². The van der Waals surface area contributed by atoms with Crippen molar-refractivity contribution in [3.8, 4) is 11.5 Å². The van der Waals surface area contributed by atoms with Gasteiger partial charge in [0.1, 0.15) is 5.69 Å². The monoisotopic (exact) mass is 361 g/mol. The van der Waals surface area contributed by atoms with E-state index in [4.69, 9.17) is 9.57 Å². The molecular formula is C13H10F3N3O6. The number of ether oxygens (including phenoxy) is 1. The maximum absolute atomic E-state index is 12.8. The van der Waals surface area contributed by atoms with Crippen molar-refractivity contribution in [2.75, 3.05) is 7.11 Å². The molecule has 0 saturated carbocycles. The summed E-state index contributed by atoms with van der Waals surface area (Å²) in [4.78, 5) is 38.8. The maximum atomic E-state index is 12.8. The molecule has 0 aliphatic carbocycles. The number of halogens is 3. The number of hydrogen-bond acceptors (Lipinski definition) is 6. The molecular weight excluding hydrogens is 351 g/mol. The number of alkyl halides is 3. The first kappa shape index (κ1) is 18.0. The van der Waals surface area contributed by atoms with Crippen molar-refractivity contribution < 1.29 is 27.7 Å². The summed E-state index contributed by atoms with van der Waals surface area (Å²) in [5.41, 5.74) is -4.57. The Morgan fingerprint density at radius 3 is 2.36 bits per heavy atom. The van der Waals surface area contributed by atoms with Crippen molar-refractivity contribution in [3.63, 3.8) is 0 Å². The second-order valence-corrected chi connectivity index (χ2v) is 4.68. The van der Waals surface area contributed by atoms with Gasteiger partial charge in [-0.05, 0) is 6.07 Å².